The van der Waals surface area contributed by atoms with Gasteiger partial charge >= 0.3 is 0 Å². The van der Waals surface area contributed by atoms with Gasteiger partial charge in [0.15, 0.2) is 0 Å². The molecule has 0 amide bonds. The summed E-state index contributed by atoms with van der Waals surface area (Å²) in [6.07, 6.45) is 2.98. The van der Waals surface area contributed by atoms with E-state index in [2.05, 4.69) is 29.4 Å². The molecular formula is C12H13ClN2. The van der Waals surface area contributed by atoms with E-state index in [1.54, 1.807) is 0 Å². The molecule has 0 spiro atoms. The van der Waals surface area contributed by atoms with Crippen LogP contribution in [0.4, 0.5) is 0 Å². The quantitative estimate of drug-likeness (QED) is 0.725. The Bertz CT molecular complexity index is 409. The van der Waals surface area contributed by atoms with Crippen LogP contribution in [0.15, 0.2) is 42.6 Å². The number of hydrogen-bond acceptors (Lipinski definition) is 1. The maximum Gasteiger partial charge on any atom is 0.0772 e. The van der Waals surface area contributed by atoms with Gasteiger partial charge in [0.25, 0.3) is 0 Å². The Balaban J connectivity index is 1.93. The van der Waals surface area contributed by atoms with Crippen LogP contribution in [0.5, 0.6) is 0 Å². The van der Waals surface area contributed by atoms with Gasteiger partial charge < -0.3 is 0 Å². The van der Waals surface area contributed by atoms with E-state index in [1.165, 1.54) is 5.56 Å². The molecule has 0 atom stereocenters. The van der Waals surface area contributed by atoms with Crippen LogP contribution in [0.2, 0.25) is 0 Å². The second kappa shape index (κ2) is 4.99. The number of benzene rings is 1. The van der Waals surface area contributed by atoms with Crippen molar-refractivity contribution in [3.63, 3.8) is 0 Å². The van der Waals surface area contributed by atoms with E-state index in [-0.39, 0.29) is 0 Å². The van der Waals surface area contributed by atoms with Crippen molar-refractivity contribution >= 4 is 11.6 Å². The molecule has 2 rings (SSSR count). The van der Waals surface area contributed by atoms with Crippen LogP contribution in [0.3, 0.4) is 0 Å². The summed E-state index contributed by atoms with van der Waals surface area (Å²) in [5.74, 6) is 0.484. The van der Waals surface area contributed by atoms with Crippen LogP contribution in [0, 0.1) is 0 Å². The van der Waals surface area contributed by atoms with E-state index in [1.807, 2.05) is 23.0 Å². The number of rotatable bonds is 4. The first-order valence-corrected chi connectivity index (χ1v) is 5.54. The van der Waals surface area contributed by atoms with Gasteiger partial charge in [0.2, 0.25) is 0 Å². The second-order valence-electron chi connectivity index (χ2n) is 3.44. The first kappa shape index (κ1) is 10.2. The fourth-order valence-electron chi connectivity index (χ4n) is 1.49. The maximum atomic E-state index is 5.68. The normalized spacial score (nSPS) is 10.5. The summed E-state index contributed by atoms with van der Waals surface area (Å²) in [6, 6.07) is 12.4. The highest BCUT2D eigenvalue weighted by atomic mass is 35.5. The third-order valence-corrected chi connectivity index (χ3v) is 2.58. The summed E-state index contributed by atoms with van der Waals surface area (Å²) >= 11 is 5.68. The summed E-state index contributed by atoms with van der Waals surface area (Å²) in [6.45, 7) is 0.904. The van der Waals surface area contributed by atoms with Crippen LogP contribution in [0.25, 0.3) is 0 Å². The molecule has 0 saturated carbocycles. The van der Waals surface area contributed by atoms with Crippen molar-refractivity contribution < 1.29 is 0 Å². The summed E-state index contributed by atoms with van der Waals surface area (Å²) < 4.78 is 1.94. The summed E-state index contributed by atoms with van der Waals surface area (Å²) in [7, 11) is 0. The van der Waals surface area contributed by atoms with Crippen molar-refractivity contribution in [2.24, 2.45) is 0 Å². The summed E-state index contributed by atoms with van der Waals surface area (Å²) in [5.41, 5.74) is 2.27. The molecule has 0 radical (unpaired) electrons. The number of halogens is 1. The molecule has 1 heterocycles. The van der Waals surface area contributed by atoms with E-state index in [0.717, 1.165) is 18.7 Å². The molecule has 1 aromatic carbocycles. The van der Waals surface area contributed by atoms with Gasteiger partial charge in [0.1, 0.15) is 0 Å². The molecule has 2 aromatic rings. The molecule has 0 aliphatic carbocycles. The molecule has 2 nitrogen and oxygen atoms in total. The second-order valence-corrected chi connectivity index (χ2v) is 3.71. The molecule has 3 heteroatoms. The predicted octanol–water partition coefficient (Wildman–Crippen LogP) is 2.86. The van der Waals surface area contributed by atoms with Gasteiger partial charge in [-0.25, -0.2) is 0 Å². The smallest absolute Gasteiger partial charge is 0.0772 e. The highest BCUT2D eigenvalue weighted by Gasteiger charge is 1.97. The topological polar surface area (TPSA) is 17.8 Å². The number of nitrogens with zero attached hydrogens (tertiary/aromatic N) is 2. The Morgan fingerprint density at radius 2 is 1.93 bits per heavy atom. The van der Waals surface area contributed by atoms with E-state index in [9.17, 15) is 0 Å². The highest BCUT2D eigenvalue weighted by Crippen LogP contribution is 2.03. The maximum absolute atomic E-state index is 5.68. The van der Waals surface area contributed by atoms with Crippen molar-refractivity contribution in [3.8, 4) is 0 Å². The fourth-order valence-corrected chi connectivity index (χ4v) is 1.63. The third-order valence-electron chi connectivity index (χ3n) is 2.31. The predicted molar refractivity (Wildman–Crippen MR) is 61.9 cm³/mol. The van der Waals surface area contributed by atoms with Gasteiger partial charge in [-0.1, -0.05) is 30.3 Å². The minimum atomic E-state index is 0.484. The zero-order valence-corrected chi connectivity index (χ0v) is 9.19. The van der Waals surface area contributed by atoms with Gasteiger partial charge in [-0.05, 0) is 18.1 Å². The van der Waals surface area contributed by atoms with E-state index < -0.39 is 0 Å². The molecule has 15 heavy (non-hydrogen) atoms. The largest absolute Gasteiger partial charge is 0.272 e. The molecule has 0 aliphatic heterocycles. The Hall–Kier alpha value is -1.28. The molecule has 0 saturated heterocycles. The Kier molecular flexibility index (Phi) is 3.41. The lowest BCUT2D eigenvalue weighted by molar-refractivity contribution is 0.609. The van der Waals surface area contributed by atoms with Gasteiger partial charge in [0.05, 0.1) is 11.6 Å². The number of aryl methyl sites for hydroxylation is 2. The summed E-state index contributed by atoms with van der Waals surface area (Å²) in [5, 5.41) is 4.33. The number of alkyl halides is 1. The van der Waals surface area contributed by atoms with Crippen molar-refractivity contribution in [2.75, 3.05) is 0 Å². The first-order valence-electron chi connectivity index (χ1n) is 5.01. The molecule has 1 aromatic heterocycles. The van der Waals surface area contributed by atoms with E-state index in [4.69, 9.17) is 11.6 Å². The summed E-state index contributed by atoms with van der Waals surface area (Å²) in [4.78, 5) is 0. The van der Waals surface area contributed by atoms with Crippen LogP contribution in [-0.2, 0) is 18.8 Å². The monoisotopic (exact) mass is 220 g/mol. The van der Waals surface area contributed by atoms with Crippen molar-refractivity contribution in [1.82, 2.24) is 9.78 Å². The molecular weight excluding hydrogens is 208 g/mol. The standard InChI is InChI=1S/C12H13ClN2/c13-10-12-7-9-15(14-12)8-6-11-4-2-1-3-5-11/h1-5,7,9H,6,8,10H2. The van der Waals surface area contributed by atoms with Gasteiger partial charge in [0, 0.05) is 12.7 Å². The Morgan fingerprint density at radius 1 is 1.13 bits per heavy atom. The zero-order chi connectivity index (χ0) is 10.5. The van der Waals surface area contributed by atoms with Crippen molar-refractivity contribution in [1.29, 1.82) is 0 Å². The lowest BCUT2D eigenvalue weighted by Crippen LogP contribution is -2.02. The minimum absolute atomic E-state index is 0.484. The Morgan fingerprint density at radius 3 is 2.60 bits per heavy atom. The average Bonchev–Trinajstić information content (AvgIpc) is 2.76. The van der Waals surface area contributed by atoms with Crippen molar-refractivity contribution in [2.45, 2.75) is 18.8 Å². The molecule has 0 fully saturated rings. The number of aromatic nitrogens is 2. The van der Waals surface area contributed by atoms with Gasteiger partial charge in [-0.2, -0.15) is 5.10 Å². The lowest BCUT2D eigenvalue weighted by atomic mass is 10.2. The van der Waals surface area contributed by atoms with Gasteiger partial charge in [-0.15, -0.1) is 11.6 Å². The van der Waals surface area contributed by atoms with Crippen LogP contribution >= 0.6 is 11.6 Å². The number of hydrogen-bond donors (Lipinski definition) is 0. The van der Waals surface area contributed by atoms with Crippen LogP contribution in [0.1, 0.15) is 11.3 Å². The van der Waals surface area contributed by atoms with Crippen molar-refractivity contribution in [3.05, 3.63) is 53.9 Å². The van der Waals surface area contributed by atoms with Crippen LogP contribution < -0.4 is 0 Å². The Labute approximate surface area is 94.5 Å². The molecule has 0 N–H and O–H groups in total. The first-order chi connectivity index (χ1) is 7.38. The average molecular weight is 221 g/mol. The minimum Gasteiger partial charge on any atom is -0.272 e. The zero-order valence-electron chi connectivity index (χ0n) is 8.44. The highest BCUT2D eigenvalue weighted by molar-refractivity contribution is 6.16. The lowest BCUT2D eigenvalue weighted by Gasteiger charge is -2.01. The molecule has 78 valence electrons. The SMILES string of the molecule is ClCc1ccn(CCc2ccccc2)n1. The molecule has 0 bridgehead atoms. The molecule has 0 unspecified atom stereocenters. The van der Waals surface area contributed by atoms with E-state index >= 15 is 0 Å². The van der Waals surface area contributed by atoms with Gasteiger partial charge in [-0.3, -0.25) is 4.68 Å². The third kappa shape index (κ3) is 2.83. The van der Waals surface area contributed by atoms with Crippen LogP contribution in [-0.4, -0.2) is 9.78 Å². The molecule has 0 aliphatic rings. The fraction of sp³-hybridized carbons (Fsp3) is 0.250. The van der Waals surface area contributed by atoms with E-state index in [0.29, 0.717) is 5.88 Å².